The average Bonchev–Trinajstić information content (AvgIpc) is 2.11. The van der Waals surface area contributed by atoms with Crippen molar-refractivity contribution >= 4 is 15.9 Å². The molecule has 0 nitrogen and oxygen atoms in total. The summed E-state index contributed by atoms with van der Waals surface area (Å²) in [6.45, 7) is 0. The van der Waals surface area contributed by atoms with E-state index in [0.717, 1.165) is 11.8 Å². The third-order valence-corrected chi connectivity index (χ3v) is 2.65. The largest absolute Gasteiger partial charge is 0.0844 e. The standard InChI is InChI=1S/C8H9Br/c9-8-4-6-1-2-7(3-6)5-8/h1-2,4,6-7H,3,5H2/t6-,7+/m1/s1. The molecule has 0 fully saturated rings. The highest BCUT2D eigenvalue weighted by atomic mass is 79.9. The van der Waals surface area contributed by atoms with Gasteiger partial charge in [-0.15, -0.1) is 0 Å². The van der Waals surface area contributed by atoms with Crippen LogP contribution >= 0.6 is 15.9 Å². The number of hydrogen-bond acceptors (Lipinski definition) is 0. The van der Waals surface area contributed by atoms with Crippen molar-refractivity contribution in [2.24, 2.45) is 11.8 Å². The molecule has 0 heterocycles. The van der Waals surface area contributed by atoms with Gasteiger partial charge in [-0.2, -0.15) is 0 Å². The molecule has 0 amide bonds. The maximum atomic E-state index is 3.53. The SMILES string of the molecule is BrC1=C[C@@H]2C=C[C@H](C1)C2. The van der Waals surface area contributed by atoms with Crippen LogP contribution in [0.25, 0.3) is 0 Å². The predicted molar refractivity (Wildman–Crippen MR) is 42.4 cm³/mol. The molecule has 2 bridgehead atoms. The van der Waals surface area contributed by atoms with Crippen LogP contribution in [0.3, 0.4) is 0 Å². The van der Waals surface area contributed by atoms with Crippen LogP contribution in [0.4, 0.5) is 0 Å². The topological polar surface area (TPSA) is 0 Å². The first-order valence-corrected chi connectivity index (χ1v) is 4.18. The molecule has 9 heavy (non-hydrogen) atoms. The molecule has 2 atom stereocenters. The van der Waals surface area contributed by atoms with E-state index in [-0.39, 0.29) is 0 Å². The minimum atomic E-state index is 0.748. The minimum absolute atomic E-state index is 0.748. The van der Waals surface area contributed by atoms with E-state index in [1.165, 1.54) is 17.3 Å². The van der Waals surface area contributed by atoms with Gasteiger partial charge in [-0.05, 0) is 29.2 Å². The normalized spacial score (nSPS) is 39.0. The molecule has 1 heteroatoms. The summed E-state index contributed by atoms with van der Waals surface area (Å²) in [4.78, 5) is 0. The Labute approximate surface area is 63.8 Å². The van der Waals surface area contributed by atoms with Gasteiger partial charge in [-0.25, -0.2) is 0 Å². The average molecular weight is 185 g/mol. The summed E-state index contributed by atoms with van der Waals surface area (Å²) in [5, 5.41) is 0. The van der Waals surface area contributed by atoms with Crippen molar-refractivity contribution in [1.82, 2.24) is 0 Å². The number of allylic oxidation sites excluding steroid dienone is 4. The molecule has 2 aliphatic rings. The summed E-state index contributed by atoms with van der Waals surface area (Å²) in [5.41, 5.74) is 0. The Hall–Kier alpha value is -0.0400. The van der Waals surface area contributed by atoms with Gasteiger partial charge in [0, 0.05) is 0 Å². The molecule has 0 saturated heterocycles. The summed E-state index contributed by atoms with van der Waals surface area (Å²) in [5.74, 6) is 1.59. The lowest BCUT2D eigenvalue weighted by Gasteiger charge is -2.14. The van der Waals surface area contributed by atoms with Crippen LogP contribution in [0.15, 0.2) is 22.7 Å². The van der Waals surface area contributed by atoms with Gasteiger partial charge in [-0.3, -0.25) is 0 Å². The predicted octanol–water partition coefficient (Wildman–Crippen LogP) is 2.86. The number of rotatable bonds is 0. The Balaban J connectivity index is 2.27. The van der Waals surface area contributed by atoms with Crippen molar-refractivity contribution in [3.8, 4) is 0 Å². The van der Waals surface area contributed by atoms with Crippen LogP contribution in [-0.4, -0.2) is 0 Å². The molecule has 0 aromatic rings. The highest BCUT2D eigenvalue weighted by Crippen LogP contribution is 2.37. The Morgan fingerprint density at radius 2 is 2.33 bits per heavy atom. The van der Waals surface area contributed by atoms with Crippen LogP contribution in [0, 0.1) is 11.8 Å². The maximum absolute atomic E-state index is 3.53. The zero-order chi connectivity index (χ0) is 6.27. The number of fused-ring (bicyclic) bond motifs is 2. The van der Waals surface area contributed by atoms with Gasteiger partial charge in [0.2, 0.25) is 0 Å². The van der Waals surface area contributed by atoms with Crippen LogP contribution in [0.2, 0.25) is 0 Å². The van der Waals surface area contributed by atoms with E-state index < -0.39 is 0 Å². The van der Waals surface area contributed by atoms with E-state index >= 15 is 0 Å². The summed E-state index contributed by atoms with van der Waals surface area (Å²) >= 11 is 3.53. The first kappa shape index (κ1) is 5.72. The molecule has 0 aromatic heterocycles. The van der Waals surface area contributed by atoms with Crippen molar-refractivity contribution in [3.63, 3.8) is 0 Å². The van der Waals surface area contributed by atoms with Crippen LogP contribution in [0.1, 0.15) is 12.8 Å². The molecule has 0 spiro atoms. The zero-order valence-electron chi connectivity index (χ0n) is 5.18. The lowest BCUT2D eigenvalue weighted by atomic mass is 9.94. The molecule has 0 saturated carbocycles. The van der Waals surface area contributed by atoms with E-state index in [9.17, 15) is 0 Å². The smallest absolute Gasteiger partial charge is 0.00367 e. The van der Waals surface area contributed by atoms with Crippen molar-refractivity contribution in [2.45, 2.75) is 12.8 Å². The van der Waals surface area contributed by atoms with Crippen LogP contribution < -0.4 is 0 Å². The van der Waals surface area contributed by atoms with Crippen molar-refractivity contribution in [1.29, 1.82) is 0 Å². The van der Waals surface area contributed by atoms with Crippen LogP contribution in [0.5, 0.6) is 0 Å². The van der Waals surface area contributed by atoms with Crippen LogP contribution in [-0.2, 0) is 0 Å². The monoisotopic (exact) mass is 184 g/mol. The lowest BCUT2D eigenvalue weighted by Crippen LogP contribution is -2.01. The van der Waals surface area contributed by atoms with Gasteiger partial charge in [0.1, 0.15) is 0 Å². The van der Waals surface area contributed by atoms with Crippen molar-refractivity contribution in [2.75, 3.05) is 0 Å². The maximum Gasteiger partial charge on any atom is -0.00367 e. The van der Waals surface area contributed by atoms with Gasteiger partial charge in [0.15, 0.2) is 0 Å². The quantitative estimate of drug-likeness (QED) is 0.509. The first-order chi connectivity index (χ1) is 4.34. The second-order valence-electron chi connectivity index (χ2n) is 2.86. The van der Waals surface area contributed by atoms with E-state index in [4.69, 9.17) is 0 Å². The van der Waals surface area contributed by atoms with Gasteiger partial charge in [0.25, 0.3) is 0 Å². The van der Waals surface area contributed by atoms with E-state index in [1.54, 1.807) is 0 Å². The second kappa shape index (κ2) is 1.98. The molecule has 0 radical (unpaired) electrons. The third kappa shape index (κ3) is 0.983. The highest BCUT2D eigenvalue weighted by molar-refractivity contribution is 9.11. The Bertz CT molecular complexity index is 179. The zero-order valence-corrected chi connectivity index (χ0v) is 6.76. The van der Waals surface area contributed by atoms with Gasteiger partial charge >= 0.3 is 0 Å². The first-order valence-electron chi connectivity index (χ1n) is 3.39. The Morgan fingerprint density at radius 3 is 3.11 bits per heavy atom. The van der Waals surface area contributed by atoms with E-state index in [2.05, 4.69) is 34.2 Å². The lowest BCUT2D eigenvalue weighted by molar-refractivity contribution is 0.557. The molecule has 0 N–H and O–H groups in total. The van der Waals surface area contributed by atoms with Crippen molar-refractivity contribution < 1.29 is 0 Å². The summed E-state index contributed by atoms with van der Waals surface area (Å²) in [7, 11) is 0. The fourth-order valence-electron chi connectivity index (χ4n) is 1.63. The summed E-state index contributed by atoms with van der Waals surface area (Å²) in [6.07, 6.45) is 9.57. The minimum Gasteiger partial charge on any atom is -0.0844 e. The molecule has 2 aliphatic carbocycles. The van der Waals surface area contributed by atoms with Gasteiger partial charge in [0.05, 0.1) is 0 Å². The fraction of sp³-hybridized carbons (Fsp3) is 0.500. The fourth-order valence-corrected chi connectivity index (χ4v) is 2.39. The Kier molecular flexibility index (Phi) is 1.26. The number of halogens is 1. The summed E-state index contributed by atoms with van der Waals surface area (Å²) < 4.78 is 1.40. The van der Waals surface area contributed by atoms with Crippen molar-refractivity contribution in [3.05, 3.63) is 22.7 Å². The van der Waals surface area contributed by atoms with E-state index in [1.807, 2.05) is 0 Å². The molecular formula is C8H9Br. The summed E-state index contributed by atoms with van der Waals surface area (Å²) in [6, 6.07) is 0. The van der Waals surface area contributed by atoms with Gasteiger partial charge in [-0.1, -0.05) is 34.2 Å². The van der Waals surface area contributed by atoms with E-state index in [0.29, 0.717) is 0 Å². The molecular weight excluding hydrogens is 176 g/mol. The highest BCUT2D eigenvalue weighted by Gasteiger charge is 2.22. The molecule has 0 aromatic carbocycles. The molecule has 2 rings (SSSR count). The van der Waals surface area contributed by atoms with Gasteiger partial charge < -0.3 is 0 Å². The third-order valence-electron chi connectivity index (χ3n) is 2.06. The molecule has 0 unspecified atom stereocenters. The second-order valence-corrected chi connectivity index (χ2v) is 3.88. The molecule has 48 valence electrons. The Morgan fingerprint density at radius 1 is 1.44 bits per heavy atom. The molecule has 0 aliphatic heterocycles. The number of hydrogen-bond donors (Lipinski definition) is 0.